The maximum absolute atomic E-state index is 12.1. The number of aryl methyl sites for hydroxylation is 1. The molecule has 4 aromatic rings. The molecule has 6 heteroatoms. The summed E-state index contributed by atoms with van der Waals surface area (Å²) in [6, 6.07) is 22.6. The number of benzene rings is 3. The van der Waals surface area contributed by atoms with Crippen molar-refractivity contribution in [3.8, 4) is 16.9 Å². The van der Waals surface area contributed by atoms with E-state index >= 15 is 0 Å². The topological polar surface area (TPSA) is 73.5 Å². The maximum Gasteiger partial charge on any atom is 0.419 e. The summed E-state index contributed by atoms with van der Waals surface area (Å²) in [4.78, 5) is 23.7. The Kier molecular flexibility index (Phi) is 4.68. The minimum absolute atomic E-state index is 0.124. The lowest BCUT2D eigenvalue weighted by Crippen LogP contribution is -2.20. The molecule has 0 saturated heterocycles. The van der Waals surface area contributed by atoms with Gasteiger partial charge in [0.05, 0.1) is 5.52 Å². The minimum atomic E-state index is -0.444. The molecule has 140 valence electrons. The van der Waals surface area contributed by atoms with Gasteiger partial charge in [0.15, 0.2) is 12.2 Å². The fourth-order valence-electron chi connectivity index (χ4n) is 2.93. The number of nitrogens with zero attached hydrogens (tertiary/aromatic N) is 1. The van der Waals surface area contributed by atoms with Gasteiger partial charge in [0.2, 0.25) is 0 Å². The van der Waals surface area contributed by atoms with E-state index in [2.05, 4.69) is 5.32 Å². The highest BCUT2D eigenvalue weighted by molar-refractivity contribution is 5.93. The third-order valence-corrected chi connectivity index (χ3v) is 4.41. The van der Waals surface area contributed by atoms with E-state index in [1.54, 1.807) is 25.2 Å². The Hall–Kier alpha value is -3.80. The first kappa shape index (κ1) is 17.6. The summed E-state index contributed by atoms with van der Waals surface area (Å²) in [7, 11) is 1.63. The summed E-state index contributed by atoms with van der Waals surface area (Å²) in [6.45, 7) is -0.124. The fraction of sp³-hybridized carbons (Fsp3) is 0.0909. The molecular weight excluding hydrogens is 356 g/mol. The van der Waals surface area contributed by atoms with Crippen molar-refractivity contribution in [1.82, 2.24) is 4.57 Å². The molecule has 0 radical (unpaired) electrons. The Bertz CT molecular complexity index is 1170. The molecule has 0 spiro atoms. The first-order chi connectivity index (χ1) is 13.6. The van der Waals surface area contributed by atoms with Crippen molar-refractivity contribution in [2.75, 3.05) is 11.9 Å². The fourth-order valence-corrected chi connectivity index (χ4v) is 2.93. The molecule has 0 aliphatic carbocycles. The predicted octanol–water partition coefficient (Wildman–Crippen LogP) is 3.82. The van der Waals surface area contributed by atoms with Crippen molar-refractivity contribution < 1.29 is 13.9 Å². The Morgan fingerprint density at radius 2 is 1.71 bits per heavy atom. The van der Waals surface area contributed by atoms with Crippen LogP contribution in [0.3, 0.4) is 0 Å². The number of amides is 1. The lowest BCUT2D eigenvalue weighted by molar-refractivity contribution is -0.118. The zero-order valence-corrected chi connectivity index (χ0v) is 15.2. The second-order valence-corrected chi connectivity index (χ2v) is 6.34. The molecule has 1 aromatic heterocycles. The molecule has 0 fully saturated rings. The van der Waals surface area contributed by atoms with Gasteiger partial charge in [0.25, 0.3) is 5.91 Å². The number of oxazole rings is 1. The van der Waals surface area contributed by atoms with Crippen molar-refractivity contribution in [1.29, 1.82) is 0 Å². The SMILES string of the molecule is Cn1c(=O)oc2cc(NC(=O)COc3ccc(-c4ccccc4)cc3)ccc21. The lowest BCUT2D eigenvalue weighted by Gasteiger charge is -2.08. The van der Waals surface area contributed by atoms with Gasteiger partial charge in [-0.1, -0.05) is 42.5 Å². The number of aromatic nitrogens is 1. The highest BCUT2D eigenvalue weighted by Gasteiger charge is 2.09. The Labute approximate surface area is 161 Å². The molecule has 0 aliphatic heterocycles. The summed E-state index contributed by atoms with van der Waals surface area (Å²) in [5, 5.41) is 2.74. The minimum Gasteiger partial charge on any atom is -0.484 e. The van der Waals surface area contributed by atoms with E-state index in [1.807, 2.05) is 54.6 Å². The monoisotopic (exact) mass is 374 g/mol. The average Bonchev–Trinajstić information content (AvgIpc) is 3.00. The number of carbonyl (C=O) groups is 1. The van der Waals surface area contributed by atoms with Crippen LogP contribution in [0.15, 0.2) is 82.0 Å². The van der Waals surface area contributed by atoms with Crippen molar-refractivity contribution in [3.05, 3.63) is 83.3 Å². The van der Waals surface area contributed by atoms with Crippen LogP contribution in [0.25, 0.3) is 22.2 Å². The molecule has 0 aliphatic rings. The van der Waals surface area contributed by atoms with E-state index < -0.39 is 5.76 Å². The third kappa shape index (κ3) is 3.66. The van der Waals surface area contributed by atoms with Crippen LogP contribution in [-0.4, -0.2) is 17.1 Å². The van der Waals surface area contributed by atoms with Crippen LogP contribution in [0.1, 0.15) is 0 Å². The van der Waals surface area contributed by atoms with Crippen LogP contribution < -0.4 is 15.8 Å². The van der Waals surface area contributed by atoms with E-state index in [0.717, 1.165) is 11.1 Å². The van der Waals surface area contributed by atoms with Gasteiger partial charge in [-0.05, 0) is 35.4 Å². The van der Waals surface area contributed by atoms with Crippen molar-refractivity contribution >= 4 is 22.7 Å². The van der Waals surface area contributed by atoms with E-state index in [4.69, 9.17) is 9.15 Å². The highest BCUT2D eigenvalue weighted by Crippen LogP contribution is 2.22. The standard InChI is InChI=1S/C22H18N2O4/c1-24-19-12-9-17(13-20(19)28-22(24)26)23-21(25)14-27-18-10-7-16(8-11-18)15-5-3-2-4-6-15/h2-13H,14H2,1H3,(H,23,25). The molecule has 28 heavy (non-hydrogen) atoms. The number of ether oxygens (including phenoxy) is 1. The van der Waals surface area contributed by atoms with Crippen LogP contribution in [0, 0.1) is 0 Å². The van der Waals surface area contributed by atoms with Gasteiger partial charge in [-0.3, -0.25) is 9.36 Å². The number of hydrogen-bond donors (Lipinski definition) is 1. The van der Waals surface area contributed by atoms with Crippen molar-refractivity contribution in [2.45, 2.75) is 0 Å². The van der Waals surface area contributed by atoms with E-state index in [0.29, 0.717) is 22.5 Å². The van der Waals surface area contributed by atoms with Crippen LogP contribution >= 0.6 is 0 Å². The molecule has 4 rings (SSSR count). The van der Waals surface area contributed by atoms with Gasteiger partial charge in [-0.15, -0.1) is 0 Å². The zero-order valence-electron chi connectivity index (χ0n) is 15.2. The predicted molar refractivity (Wildman–Crippen MR) is 107 cm³/mol. The first-order valence-corrected chi connectivity index (χ1v) is 8.78. The van der Waals surface area contributed by atoms with Gasteiger partial charge in [-0.25, -0.2) is 4.79 Å². The summed E-state index contributed by atoms with van der Waals surface area (Å²) < 4.78 is 12.1. The quantitative estimate of drug-likeness (QED) is 0.576. The van der Waals surface area contributed by atoms with E-state index in [-0.39, 0.29) is 12.5 Å². The van der Waals surface area contributed by atoms with Crippen molar-refractivity contribution in [3.63, 3.8) is 0 Å². The van der Waals surface area contributed by atoms with Crippen LogP contribution in [0.2, 0.25) is 0 Å². The number of nitrogens with one attached hydrogen (secondary N) is 1. The smallest absolute Gasteiger partial charge is 0.419 e. The second kappa shape index (κ2) is 7.44. The third-order valence-electron chi connectivity index (χ3n) is 4.41. The maximum atomic E-state index is 12.1. The molecule has 3 aromatic carbocycles. The van der Waals surface area contributed by atoms with Crippen LogP contribution in [0.4, 0.5) is 5.69 Å². The summed E-state index contributed by atoms with van der Waals surface area (Å²) in [5.41, 5.74) is 3.82. The number of hydrogen-bond acceptors (Lipinski definition) is 4. The second-order valence-electron chi connectivity index (χ2n) is 6.34. The van der Waals surface area contributed by atoms with Crippen LogP contribution in [0.5, 0.6) is 5.75 Å². The number of fused-ring (bicyclic) bond motifs is 1. The van der Waals surface area contributed by atoms with Gasteiger partial charge >= 0.3 is 5.76 Å². The molecule has 0 saturated carbocycles. The Morgan fingerprint density at radius 3 is 2.46 bits per heavy atom. The zero-order chi connectivity index (χ0) is 19.5. The Morgan fingerprint density at radius 1 is 1.00 bits per heavy atom. The Balaban J connectivity index is 1.37. The molecule has 1 amide bonds. The van der Waals surface area contributed by atoms with Crippen LogP contribution in [-0.2, 0) is 11.8 Å². The van der Waals surface area contributed by atoms with Gasteiger partial charge < -0.3 is 14.5 Å². The van der Waals surface area contributed by atoms with Gasteiger partial charge in [-0.2, -0.15) is 0 Å². The summed E-state index contributed by atoms with van der Waals surface area (Å²) in [6.07, 6.45) is 0. The van der Waals surface area contributed by atoms with E-state index in [1.165, 1.54) is 4.57 Å². The summed E-state index contributed by atoms with van der Waals surface area (Å²) in [5.74, 6) is -0.134. The van der Waals surface area contributed by atoms with Crippen molar-refractivity contribution in [2.24, 2.45) is 7.05 Å². The molecule has 6 nitrogen and oxygen atoms in total. The summed E-state index contributed by atoms with van der Waals surface area (Å²) >= 11 is 0. The van der Waals surface area contributed by atoms with Gasteiger partial charge in [0, 0.05) is 18.8 Å². The molecule has 0 unspecified atom stereocenters. The normalized spacial score (nSPS) is 10.8. The number of anilines is 1. The molecule has 1 N–H and O–H groups in total. The first-order valence-electron chi connectivity index (χ1n) is 8.78. The molecule has 0 bridgehead atoms. The molecule has 0 atom stereocenters. The average molecular weight is 374 g/mol. The lowest BCUT2D eigenvalue weighted by atomic mass is 10.1. The number of carbonyl (C=O) groups excluding carboxylic acids is 1. The number of rotatable bonds is 5. The van der Waals surface area contributed by atoms with E-state index in [9.17, 15) is 9.59 Å². The largest absolute Gasteiger partial charge is 0.484 e. The van der Waals surface area contributed by atoms with Gasteiger partial charge in [0.1, 0.15) is 5.75 Å². The highest BCUT2D eigenvalue weighted by atomic mass is 16.5. The molecule has 1 heterocycles. The molecular formula is C22H18N2O4.